The Labute approximate surface area is 140 Å². The second-order valence-electron chi connectivity index (χ2n) is 6.71. The van der Waals surface area contributed by atoms with E-state index in [1.54, 1.807) is 25.2 Å². The van der Waals surface area contributed by atoms with Crippen LogP contribution in [-0.4, -0.2) is 33.2 Å². The van der Waals surface area contributed by atoms with E-state index in [1.807, 2.05) is 0 Å². The van der Waals surface area contributed by atoms with Gasteiger partial charge in [0, 0.05) is 25.3 Å². The summed E-state index contributed by atoms with van der Waals surface area (Å²) in [5.41, 5.74) is 1.77. The number of hydrogen-bond acceptors (Lipinski definition) is 3. The fourth-order valence-corrected chi connectivity index (χ4v) is 3.73. The summed E-state index contributed by atoms with van der Waals surface area (Å²) >= 11 is 0. The van der Waals surface area contributed by atoms with Gasteiger partial charge in [0.05, 0.1) is 11.0 Å². The third kappa shape index (κ3) is 3.38. The second-order valence-corrected chi connectivity index (χ2v) is 6.71. The lowest BCUT2D eigenvalue weighted by Crippen LogP contribution is -2.41. The Morgan fingerprint density at radius 1 is 1.38 bits per heavy atom. The third-order valence-electron chi connectivity index (χ3n) is 5.14. The lowest BCUT2D eigenvalue weighted by atomic mass is 9.82. The number of aromatic amines is 1. The topological polar surface area (TPSA) is 87.1 Å². The molecule has 1 aliphatic rings. The SMILES string of the molecule is Cn1c(=O)[nH]c2cc(C(=O)NC(CCO)C3CCCCC3)ccc21. The number of imidazole rings is 1. The van der Waals surface area contributed by atoms with Crippen molar-refractivity contribution in [3.8, 4) is 0 Å². The van der Waals surface area contributed by atoms with Gasteiger partial charge in [-0.05, 0) is 43.4 Å². The monoisotopic (exact) mass is 331 g/mol. The largest absolute Gasteiger partial charge is 0.396 e. The highest BCUT2D eigenvalue weighted by Crippen LogP contribution is 2.28. The highest BCUT2D eigenvalue weighted by molar-refractivity contribution is 5.97. The Hall–Kier alpha value is -2.08. The molecule has 0 spiro atoms. The maximum Gasteiger partial charge on any atom is 0.326 e. The average molecular weight is 331 g/mol. The fourth-order valence-electron chi connectivity index (χ4n) is 3.73. The Morgan fingerprint density at radius 3 is 2.83 bits per heavy atom. The molecule has 1 aliphatic carbocycles. The van der Waals surface area contributed by atoms with E-state index < -0.39 is 0 Å². The van der Waals surface area contributed by atoms with Crippen LogP contribution in [0.15, 0.2) is 23.0 Å². The van der Waals surface area contributed by atoms with Gasteiger partial charge in [-0.1, -0.05) is 19.3 Å². The van der Waals surface area contributed by atoms with Gasteiger partial charge in [0.15, 0.2) is 0 Å². The molecule has 1 aromatic carbocycles. The normalized spacial score (nSPS) is 17.1. The highest BCUT2D eigenvalue weighted by atomic mass is 16.3. The highest BCUT2D eigenvalue weighted by Gasteiger charge is 2.25. The molecule has 1 amide bonds. The molecule has 2 aromatic rings. The molecule has 1 heterocycles. The number of aromatic nitrogens is 2. The summed E-state index contributed by atoms with van der Waals surface area (Å²) in [6, 6.07) is 5.24. The van der Waals surface area contributed by atoms with E-state index in [2.05, 4.69) is 10.3 Å². The van der Waals surface area contributed by atoms with Crippen LogP contribution >= 0.6 is 0 Å². The summed E-state index contributed by atoms with van der Waals surface area (Å²) in [6.07, 6.45) is 6.44. The van der Waals surface area contributed by atoms with Gasteiger partial charge in [-0.25, -0.2) is 4.79 Å². The molecule has 0 radical (unpaired) electrons. The molecule has 1 atom stereocenters. The van der Waals surface area contributed by atoms with Gasteiger partial charge in [0.25, 0.3) is 5.91 Å². The van der Waals surface area contributed by atoms with Gasteiger partial charge in [0.2, 0.25) is 0 Å². The molecule has 130 valence electrons. The van der Waals surface area contributed by atoms with E-state index in [1.165, 1.54) is 23.8 Å². The van der Waals surface area contributed by atoms with Crippen LogP contribution in [0.3, 0.4) is 0 Å². The minimum Gasteiger partial charge on any atom is -0.396 e. The zero-order chi connectivity index (χ0) is 17.1. The second kappa shape index (κ2) is 7.21. The maximum absolute atomic E-state index is 12.6. The van der Waals surface area contributed by atoms with Crippen molar-refractivity contribution in [2.45, 2.75) is 44.6 Å². The molecule has 3 N–H and O–H groups in total. The van der Waals surface area contributed by atoms with Crippen LogP contribution < -0.4 is 11.0 Å². The number of aliphatic hydroxyl groups is 1. The number of fused-ring (bicyclic) bond motifs is 1. The number of aliphatic hydroxyl groups excluding tert-OH is 1. The standard InChI is InChI=1S/C18H25N3O3/c1-21-16-8-7-13(11-15(16)20-18(21)24)17(23)19-14(9-10-22)12-5-3-2-4-6-12/h7-8,11-12,14,22H,2-6,9-10H2,1H3,(H,19,23)(H,20,24). The van der Waals surface area contributed by atoms with Crippen molar-refractivity contribution in [2.24, 2.45) is 13.0 Å². The molecule has 0 saturated heterocycles. The molecule has 6 heteroatoms. The lowest BCUT2D eigenvalue weighted by Gasteiger charge is -2.30. The number of hydrogen-bond donors (Lipinski definition) is 3. The molecular weight excluding hydrogens is 306 g/mol. The molecule has 0 bridgehead atoms. The molecule has 1 aromatic heterocycles. The van der Waals surface area contributed by atoms with Crippen molar-refractivity contribution in [3.63, 3.8) is 0 Å². The number of nitrogens with one attached hydrogen (secondary N) is 2. The van der Waals surface area contributed by atoms with Crippen molar-refractivity contribution in [1.29, 1.82) is 0 Å². The van der Waals surface area contributed by atoms with Crippen LogP contribution in [0.4, 0.5) is 0 Å². The summed E-state index contributed by atoms with van der Waals surface area (Å²) < 4.78 is 1.52. The number of amides is 1. The Bertz CT molecular complexity index is 771. The van der Waals surface area contributed by atoms with Crippen LogP contribution in [0.5, 0.6) is 0 Å². The van der Waals surface area contributed by atoms with Crippen LogP contribution in [-0.2, 0) is 7.05 Å². The zero-order valence-electron chi connectivity index (χ0n) is 14.0. The van der Waals surface area contributed by atoms with E-state index in [4.69, 9.17) is 0 Å². The maximum atomic E-state index is 12.6. The average Bonchev–Trinajstić information content (AvgIpc) is 2.89. The van der Waals surface area contributed by atoms with Crippen LogP contribution in [0.25, 0.3) is 11.0 Å². The van der Waals surface area contributed by atoms with Crippen LogP contribution in [0.2, 0.25) is 0 Å². The molecular formula is C18H25N3O3. The first kappa shape index (κ1) is 16.8. The van der Waals surface area contributed by atoms with Crippen molar-refractivity contribution in [1.82, 2.24) is 14.9 Å². The number of H-pyrrole nitrogens is 1. The van der Waals surface area contributed by atoms with Gasteiger partial charge < -0.3 is 15.4 Å². The predicted octanol–water partition coefficient (Wildman–Crippen LogP) is 1.93. The van der Waals surface area contributed by atoms with Gasteiger partial charge in [-0.15, -0.1) is 0 Å². The third-order valence-corrected chi connectivity index (χ3v) is 5.14. The van der Waals surface area contributed by atoms with E-state index >= 15 is 0 Å². The quantitative estimate of drug-likeness (QED) is 0.782. The summed E-state index contributed by atoms with van der Waals surface area (Å²) in [6.45, 7) is 0.0759. The van der Waals surface area contributed by atoms with E-state index in [-0.39, 0.29) is 24.2 Å². The zero-order valence-corrected chi connectivity index (χ0v) is 14.0. The number of carbonyl (C=O) groups is 1. The molecule has 6 nitrogen and oxygen atoms in total. The molecule has 24 heavy (non-hydrogen) atoms. The minimum absolute atomic E-state index is 0.00770. The molecule has 3 rings (SSSR count). The number of carbonyl (C=O) groups excluding carboxylic acids is 1. The molecule has 1 fully saturated rings. The number of nitrogens with zero attached hydrogens (tertiary/aromatic N) is 1. The first-order chi connectivity index (χ1) is 11.6. The van der Waals surface area contributed by atoms with Gasteiger partial charge in [-0.2, -0.15) is 0 Å². The lowest BCUT2D eigenvalue weighted by molar-refractivity contribution is 0.0899. The summed E-state index contributed by atoms with van der Waals surface area (Å²) in [7, 11) is 1.70. The molecule has 1 unspecified atom stereocenters. The minimum atomic E-state index is -0.192. The summed E-state index contributed by atoms with van der Waals surface area (Å²) in [5, 5.41) is 12.4. The first-order valence-electron chi connectivity index (χ1n) is 8.70. The first-order valence-corrected chi connectivity index (χ1v) is 8.70. The van der Waals surface area contributed by atoms with E-state index in [0.29, 0.717) is 23.4 Å². The van der Waals surface area contributed by atoms with Crippen LogP contribution in [0.1, 0.15) is 48.9 Å². The van der Waals surface area contributed by atoms with Crippen molar-refractivity contribution in [2.75, 3.05) is 6.61 Å². The number of benzene rings is 1. The van der Waals surface area contributed by atoms with E-state index in [0.717, 1.165) is 18.4 Å². The number of rotatable bonds is 5. The molecule has 1 saturated carbocycles. The Kier molecular flexibility index (Phi) is 5.04. The van der Waals surface area contributed by atoms with Crippen molar-refractivity contribution >= 4 is 16.9 Å². The van der Waals surface area contributed by atoms with Gasteiger partial charge in [-0.3, -0.25) is 9.36 Å². The Morgan fingerprint density at radius 2 is 2.12 bits per heavy atom. The summed E-state index contributed by atoms with van der Waals surface area (Å²) in [4.78, 5) is 27.0. The van der Waals surface area contributed by atoms with Crippen molar-refractivity contribution in [3.05, 3.63) is 34.2 Å². The van der Waals surface area contributed by atoms with E-state index in [9.17, 15) is 14.7 Å². The predicted molar refractivity (Wildman–Crippen MR) is 93.1 cm³/mol. The summed E-state index contributed by atoms with van der Waals surface area (Å²) in [5.74, 6) is 0.292. The van der Waals surface area contributed by atoms with Crippen LogP contribution in [0, 0.1) is 5.92 Å². The smallest absolute Gasteiger partial charge is 0.326 e. The number of aryl methyl sites for hydroxylation is 1. The molecule has 0 aliphatic heterocycles. The van der Waals surface area contributed by atoms with Gasteiger partial charge in [0.1, 0.15) is 0 Å². The van der Waals surface area contributed by atoms with Gasteiger partial charge >= 0.3 is 5.69 Å². The van der Waals surface area contributed by atoms with Crippen molar-refractivity contribution < 1.29 is 9.90 Å². The Balaban J connectivity index is 1.77. The fraction of sp³-hybridized carbons (Fsp3) is 0.556.